The molecule has 2 aromatic heterocycles. The summed E-state index contributed by atoms with van der Waals surface area (Å²) in [4.78, 5) is 11.8. The maximum Gasteiger partial charge on any atom is 0.140 e. The van der Waals surface area contributed by atoms with Gasteiger partial charge in [0.05, 0.1) is 11.2 Å². The summed E-state index contributed by atoms with van der Waals surface area (Å²) in [5, 5.41) is 17.4. The van der Waals surface area contributed by atoms with Gasteiger partial charge in [-0.2, -0.15) is 0 Å². The molecule has 1 aliphatic rings. The van der Waals surface area contributed by atoms with Crippen LogP contribution in [0.3, 0.4) is 0 Å². The number of phenolic OH excluding ortho intramolecular Hbond substituents is 1. The van der Waals surface area contributed by atoms with Crippen LogP contribution in [0, 0.1) is 6.92 Å². The van der Waals surface area contributed by atoms with Gasteiger partial charge in [0.15, 0.2) is 0 Å². The number of aryl methyl sites for hydroxylation is 1. The van der Waals surface area contributed by atoms with Crippen LogP contribution in [-0.2, 0) is 6.54 Å². The first-order chi connectivity index (χ1) is 15.1. The number of phenols is 1. The molecule has 0 unspecified atom stereocenters. The largest absolute Gasteiger partial charge is 0.508 e. The van der Waals surface area contributed by atoms with E-state index in [1.165, 1.54) is 19.3 Å². The van der Waals surface area contributed by atoms with Crippen LogP contribution in [0.1, 0.15) is 30.5 Å². The number of hydrogen-bond donors (Lipinski definition) is 2. The lowest BCUT2D eigenvalue weighted by Gasteiger charge is -2.26. The van der Waals surface area contributed by atoms with Crippen molar-refractivity contribution in [3.05, 3.63) is 64.9 Å². The van der Waals surface area contributed by atoms with Crippen molar-refractivity contribution in [1.29, 1.82) is 0 Å². The van der Waals surface area contributed by atoms with Crippen molar-refractivity contribution < 1.29 is 5.11 Å². The predicted molar refractivity (Wildman–Crippen MR) is 127 cm³/mol. The number of halogens is 1. The quantitative estimate of drug-likeness (QED) is 0.229. The van der Waals surface area contributed by atoms with Crippen LogP contribution >= 0.6 is 11.6 Å². The second-order valence-corrected chi connectivity index (χ2v) is 8.62. The molecule has 0 bridgehead atoms. The van der Waals surface area contributed by atoms with Gasteiger partial charge in [-0.25, -0.2) is 9.97 Å². The van der Waals surface area contributed by atoms with E-state index >= 15 is 0 Å². The Hall–Kier alpha value is -2.89. The number of benzene rings is 2. The van der Waals surface area contributed by atoms with Crippen LogP contribution < -0.4 is 5.32 Å². The van der Waals surface area contributed by atoms with Crippen LogP contribution in [0.15, 0.2) is 48.5 Å². The molecule has 1 aliphatic heterocycles. The molecule has 2 aromatic carbocycles. The number of likely N-dealkylation sites (tertiary alicyclic amines) is 1. The van der Waals surface area contributed by atoms with Gasteiger partial charge < -0.3 is 10.4 Å². The van der Waals surface area contributed by atoms with E-state index in [4.69, 9.17) is 16.6 Å². The number of rotatable bonds is 4. The molecule has 6 heteroatoms. The summed E-state index contributed by atoms with van der Waals surface area (Å²) >= 11 is 6.28. The Kier molecular flexibility index (Phi) is 5.38. The summed E-state index contributed by atoms with van der Waals surface area (Å²) in [7, 11) is 0. The third-order valence-electron chi connectivity index (χ3n) is 6.02. The molecule has 0 radical (unpaired) electrons. The molecule has 0 spiro atoms. The van der Waals surface area contributed by atoms with Crippen molar-refractivity contribution in [3.63, 3.8) is 0 Å². The average molecular weight is 433 g/mol. The highest BCUT2D eigenvalue weighted by atomic mass is 35.5. The van der Waals surface area contributed by atoms with Gasteiger partial charge in [-0.3, -0.25) is 4.90 Å². The van der Waals surface area contributed by atoms with E-state index in [1.54, 1.807) is 6.07 Å². The molecular formula is C25H25ClN4O. The summed E-state index contributed by atoms with van der Waals surface area (Å²) in [6, 6.07) is 15.6. The number of aromatic nitrogens is 2. The number of pyridine rings is 2. The van der Waals surface area contributed by atoms with E-state index in [-0.39, 0.29) is 0 Å². The average Bonchev–Trinajstić information content (AvgIpc) is 2.76. The van der Waals surface area contributed by atoms with Crippen LogP contribution in [0.5, 0.6) is 5.75 Å². The molecule has 158 valence electrons. The SMILES string of the molecule is Cc1nc(Cl)cc2c1c(Nc1ccc(O)c(CN3CCCCC3)c1)nc1ccccc12. The number of nitrogens with one attached hydrogen (secondary N) is 1. The topological polar surface area (TPSA) is 61.3 Å². The summed E-state index contributed by atoms with van der Waals surface area (Å²) in [5.74, 6) is 1.07. The predicted octanol–water partition coefficient (Wildman–Crippen LogP) is 6.18. The molecule has 31 heavy (non-hydrogen) atoms. The number of hydrogen-bond acceptors (Lipinski definition) is 5. The minimum absolute atomic E-state index is 0.331. The molecular weight excluding hydrogens is 408 g/mol. The van der Waals surface area contributed by atoms with E-state index in [2.05, 4.69) is 21.3 Å². The molecule has 5 nitrogen and oxygen atoms in total. The van der Waals surface area contributed by atoms with E-state index in [9.17, 15) is 5.11 Å². The van der Waals surface area contributed by atoms with Crippen LogP contribution in [0.25, 0.3) is 21.7 Å². The Labute approximate surface area is 186 Å². The van der Waals surface area contributed by atoms with E-state index in [0.29, 0.717) is 10.9 Å². The lowest BCUT2D eigenvalue weighted by Crippen LogP contribution is -2.29. The molecule has 0 aliphatic carbocycles. The lowest BCUT2D eigenvalue weighted by atomic mass is 10.1. The Morgan fingerprint density at radius 2 is 1.81 bits per heavy atom. The monoisotopic (exact) mass is 432 g/mol. The van der Waals surface area contributed by atoms with Crippen LogP contribution in [0.2, 0.25) is 5.15 Å². The summed E-state index contributed by atoms with van der Waals surface area (Å²) < 4.78 is 0. The second kappa shape index (κ2) is 8.33. The lowest BCUT2D eigenvalue weighted by molar-refractivity contribution is 0.218. The van der Waals surface area contributed by atoms with Crippen LogP contribution in [-0.4, -0.2) is 33.1 Å². The second-order valence-electron chi connectivity index (χ2n) is 8.24. The molecule has 2 N–H and O–H groups in total. The Bertz CT molecular complexity index is 1270. The van der Waals surface area contributed by atoms with Gasteiger partial charge in [0, 0.05) is 28.6 Å². The zero-order chi connectivity index (χ0) is 21.4. The maximum atomic E-state index is 10.4. The summed E-state index contributed by atoms with van der Waals surface area (Å²) in [6.07, 6.45) is 3.74. The smallest absolute Gasteiger partial charge is 0.140 e. The van der Waals surface area contributed by atoms with E-state index in [1.807, 2.05) is 43.3 Å². The molecule has 0 saturated carbocycles. The first-order valence-corrected chi connectivity index (χ1v) is 11.1. The number of para-hydroxylation sites is 1. The highest BCUT2D eigenvalue weighted by Gasteiger charge is 2.15. The standard InChI is InChI=1S/C25H25ClN4O/c1-16-24-20(14-23(26)27-16)19-7-3-4-8-21(19)29-25(24)28-18-9-10-22(31)17(13-18)15-30-11-5-2-6-12-30/h3-4,7-10,13-14,31H,2,5-6,11-12,15H2,1H3,(H,28,29). The Balaban J connectivity index is 1.56. The van der Waals surface area contributed by atoms with Gasteiger partial charge in [0.2, 0.25) is 0 Å². The van der Waals surface area contributed by atoms with Crippen molar-refractivity contribution in [3.8, 4) is 5.75 Å². The van der Waals surface area contributed by atoms with Gasteiger partial charge >= 0.3 is 0 Å². The fourth-order valence-electron chi connectivity index (χ4n) is 4.50. The molecule has 4 aromatic rings. The van der Waals surface area contributed by atoms with Crippen molar-refractivity contribution in [2.75, 3.05) is 18.4 Å². The molecule has 1 fully saturated rings. The van der Waals surface area contributed by atoms with Gasteiger partial charge in [-0.15, -0.1) is 0 Å². The fraction of sp³-hybridized carbons (Fsp3) is 0.280. The van der Waals surface area contributed by atoms with Gasteiger partial charge in [0.25, 0.3) is 0 Å². The number of anilines is 2. The zero-order valence-corrected chi connectivity index (χ0v) is 18.3. The highest BCUT2D eigenvalue weighted by Crippen LogP contribution is 2.35. The third kappa shape index (κ3) is 4.03. The molecule has 0 amide bonds. The highest BCUT2D eigenvalue weighted by molar-refractivity contribution is 6.30. The van der Waals surface area contributed by atoms with Gasteiger partial charge in [-0.1, -0.05) is 36.2 Å². The minimum atomic E-state index is 0.331. The van der Waals surface area contributed by atoms with E-state index in [0.717, 1.165) is 64.1 Å². The Morgan fingerprint density at radius 3 is 2.65 bits per heavy atom. The summed E-state index contributed by atoms with van der Waals surface area (Å²) in [5.41, 5.74) is 3.54. The molecule has 1 saturated heterocycles. The van der Waals surface area contributed by atoms with Crippen LogP contribution in [0.4, 0.5) is 11.5 Å². The number of piperidine rings is 1. The number of aromatic hydroxyl groups is 1. The molecule has 3 heterocycles. The van der Waals surface area contributed by atoms with Crippen molar-refractivity contribution in [2.24, 2.45) is 0 Å². The molecule has 0 atom stereocenters. The van der Waals surface area contributed by atoms with Crippen molar-refractivity contribution in [2.45, 2.75) is 32.7 Å². The van der Waals surface area contributed by atoms with Crippen molar-refractivity contribution >= 4 is 44.8 Å². The first kappa shape index (κ1) is 20.0. The van der Waals surface area contributed by atoms with Crippen molar-refractivity contribution in [1.82, 2.24) is 14.9 Å². The maximum absolute atomic E-state index is 10.4. The molecule has 5 rings (SSSR count). The minimum Gasteiger partial charge on any atom is -0.508 e. The number of nitrogens with zero attached hydrogens (tertiary/aromatic N) is 3. The first-order valence-electron chi connectivity index (χ1n) is 10.8. The fourth-order valence-corrected chi connectivity index (χ4v) is 4.73. The summed E-state index contributed by atoms with van der Waals surface area (Å²) in [6.45, 7) is 4.87. The Morgan fingerprint density at radius 1 is 1.00 bits per heavy atom. The third-order valence-corrected chi connectivity index (χ3v) is 6.21. The van der Waals surface area contributed by atoms with Gasteiger partial charge in [-0.05, 0) is 68.6 Å². The normalized spacial score (nSPS) is 14.9. The van der Waals surface area contributed by atoms with E-state index < -0.39 is 0 Å². The zero-order valence-electron chi connectivity index (χ0n) is 17.5. The van der Waals surface area contributed by atoms with Gasteiger partial charge in [0.1, 0.15) is 16.7 Å². The number of fused-ring (bicyclic) bond motifs is 3.